The van der Waals surface area contributed by atoms with Crippen molar-refractivity contribution in [3.8, 4) is 5.75 Å². The molecule has 0 unspecified atom stereocenters. The smallest absolute Gasteiger partial charge is 0.137 e. The van der Waals surface area contributed by atoms with Crippen molar-refractivity contribution in [1.29, 1.82) is 0 Å². The average molecular weight is 181 g/mol. The zero-order valence-corrected chi connectivity index (χ0v) is 9.22. The molecule has 0 aliphatic heterocycles. The maximum Gasteiger partial charge on any atom is 0.137 e. The van der Waals surface area contributed by atoms with E-state index >= 15 is 0 Å². The Hall–Kier alpha value is -1.05. The van der Waals surface area contributed by atoms with Crippen molar-refractivity contribution in [3.05, 3.63) is 23.5 Å². The molecule has 0 saturated heterocycles. The maximum atomic E-state index is 5.05. The van der Waals surface area contributed by atoms with Crippen LogP contribution in [0.4, 0.5) is 0 Å². The Balaban J connectivity index is 0.000000671. The summed E-state index contributed by atoms with van der Waals surface area (Å²) in [5.41, 5.74) is 2.35. The van der Waals surface area contributed by atoms with Gasteiger partial charge in [0.05, 0.1) is 13.3 Å². The van der Waals surface area contributed by atoms with E-state index in [1.165, 1.54) is 5.56 Å². The molecule has 1 aromatic heterocycles. The van der Waals surface area contributed by atoms with Crippen LogP contribution >= 0.6 is 0 Å². The van der Waals surface area contributed by atoms with Crippen LogP contribution in [0.5, 0.6) is 5.75 Å². The Bertz CT molecular complexity index is 246. The van der Waals surface area contributed by atoms with E-state index < -0.39 is 0 Å². The van der Waals surface area contributed by atoms with Gasteiger partial charge in [0.25, 0.3) is 0 Å². The van der Waals surface area contributed by atoms with E-state index in [-0.39, 0.29) is 0 Å². The van der Waals surface area contributed by atoms with Crippen molar-refractivity contribution in [2.24, 2.45) is 0 Å². The molecule has 13 heavy (non-hydrogen) atoms. The monoisotopic (exact) mass is 181 g/mol. The van der Waals surface area contributed by atoms with Crippen molar-refractivity contribution in [2.45, 2.75) is 34.1 Å². The molecule has 0 atom stereocenters. The normalized spacial score (nSPS) is 8.69. The van der Waals surface area contributed by atoms with Crippen molar-refractivity contribution in [3.63, 3.8) is 0 Å². The fourth-order valence-corrected chi connectivity index (χ4v) is 1.03. The third-order valence-electron chi connectivity index (χ3n) is 1.78. The number of hydrogen-bond acceptors (Lipinski definition) is 2. The molecule has 74 valence electrons. The lowest BCUT2D eigenvalue weighted by atomic mass is 10.1. The first-order valence-electron chi connectivity index (χ1n) is 4.77. The summed E-state index contributed by atoms with van der Waals surface area (Å²) < 4.78 is 5.05. The Morgan fingerprint density at radius 2 is 2.00 bits per heavy atom. The molecule has 0 aliphatic carbocycles. The Morgan fingerprint density at radius 1 is 1.38 bits per heavy atom. The number of pyridine rings is 1. The summed E-state index contributed by atoms with van der Waals surface area (Å²) in [6, 6.07) is 2.03. The zero-order chi connectivity index (χ0) is 10.3. The number of aryl methyl sites for hydroxylation is 2. The highest BCUT2D eigenvalue weighted by Gasteiger charge is 1.98. The zero-order valence-electron chi connectivity index (χ0n) is 9.22. The highest BCUT2D eigenvalue weighted by Crippen LogP contribution is 2.13. The fourth-order valence-electron chi connectivity index (χ4n) is 1.03. The molecule has 2 nitrogen and oxygen atoms in total. The van der Waals surface area contributed by atoms with Crippen molar-refractivity contribution in [1.82, 2.24) is 4.98 Å². The van der Waals surface area contributed by atoms with Gasteiger partial charge in [0.15, 0.2) is 0 Å². The molecule has 0 radical (unpaired) electrons. The molecular weight excluding hydrogens is 162 g/mol. The van der Waals surface area contributed by atoms with Gasteiger partial charge in [-0.15, -0.1) is 0 Å². The number of ether oxygens (including phenoxy) is 1. The minimum Gasteiger partial charge on any atom is -0.495 e. The third-order valence-corrected chi connectivity index (χ3v) is 1.78. The SMILES string of the molecule is CC.CCc1cc(OC)cnc1C. The number of aromatic nitrogens is 1. The van der Waals surface area contributed by atoms with Gasteiger partial charge in [0.2, 0.25) is 0 Å². The van der Waals surface area contributed by atoms with E-state index in [0.717, 1.165) is 17.9 Å². The molecule has 2 heteroatoms. The van der Waals surface area contributed by atoms with Crippen molar-refractivity contribution >= 4 is 0 Å². The van der Waals surface area contributed by atoms with Gasteiger partial charge < -0.3 is 4.74 Å². The van der Waals surface area contributed by atoms with Crippen molar-refractivity contribution in [2.75, 3.05) is 7.11 Å². The highest BCUT2D eigenvalue weighted by molar-refractivity contribution is 5.28. The molecule has 0 aromatic carbocycles. The standard InChI is InChI=1S/C9H13NO.C2H6/c1-4-8-5-9(11-3)6-10-7(8)2;1-2/h5-6H,4H2,1-3H3;1-2H3. The van der Waals surface area contributed by atoms with Crippen LogP contribution in [0.1, 0.15) is 32.0 Å². The fraction of sp³-hybridized carbons (Fsp3) is 0.545. The van der Waals surface area contributed by atoms with Gasteiger partial charge in [-0.25, -0.2) is 0 Å². The summed E-state index contributed by atoms with van der Waals surface area (Å²) >= 11 is 0. The van der Waals surface area contributed by atoms with Gasteiger partial charge in [-0.3, -0.25) is 4.98 Å². The Labute approximate surface area is 81.0 Å². The predicted octanol–water partition coefficient (Wildman–Crippen LogP) is 2.99. The first-order chi connectivity index (χ1) is 6.27. The molecule has 1 heterocycles. The molecule has 1 aromatic rings. The Kier molecular flexibility index (Phi) is 5.94. The largest absolute Gasteiger partial charge is 0.495 e. The van der Waals surface area contributed by atoms with Crippen LogP contribution in [0.25, 0.3) is 0 Å². The average Bonchev–Trinajstić information content (AvgIpc) is 2.22. The van der Waals surface area contributed by atoms with Crippen LogP contribution in [0.2, 0.25) is 0 Å². The molecular formula is C11H19NO. The number of hydrogen-bond donors (Lipinski definition) is 0. The molecule has 0 aliphatic rings. The number of nitrogens with zero attached hydrogens (tertiary/aromatic N) is 1. The molecule has 0 spiro atoms. The van der Waals surface area contributed by atoms with Gasteiger partial charge in [0.1, 0.15) is 5.75 Å². The summed E-state index contributed by atoms with van der Waals surface area (Å²) in [4.78, 5) is 4.20. The molecule has 1 rings (SSSR count). The lowest BCUT2D eigenvalue weighted by Gasteiger charge is -2.03. The molecule has 0 fully saturated rings. The van der Waals surface area contributed by atoms with E-state index in [9.17, 15) is 0 Å². The van der Waals surface area contributed by atoms with Crippen LogP contribution in [-0.4, -0.2) is 12.1 Å². The number of rotatable bonds is 2. The summed E-state index contributed by atoms with van der Waals surface area (Å²) in [7, 11) is 1.66. The van der Waals surface area contributed by atoms with E-state index in [1.807, 2.05) is 26.8 Å². The number of methoxy groups -OCH3 is 1. The lowest BCUT2D eigenvalue weighted by Crippen LogP contribution is -1.92. The highest BCUT2D eigenvalue weighted by atomic mass is 16.5. The lowest BCUT2D eigenvalue weighted by molar-refractivity contribution is 0.412. The van der Waals surface area contributed by atoms with Crippen LogP contribution < -0.4 is 4.74 Å². The van der Waals surface area contributed by atoms with Gasteiger partial charge in [-0.05, 0) is 25.0 Å². The summed E-state index contributed by atoms with van der Waals surface area (Å²) in [5, 5.41) is 0. The maximum absolute atomic E-state index is 5.05. The molecule has 0 saturated carbocycles. The van der Waals surface area contributed by atoms with E-state index in [4.69, 9.17) is 4.74 Å². The first-order valence-corrected chi connectivity index (χ1v) is 4.77. The van der Waals surface area contributed by atoms with Gasteiger partial charge in [-0.2, -0.15) is 0 Å². The Morgan fingerprint density at radius 3 is 2.46 bits per heavy atom. The second-order valence-corrected chi connectivity index (χ2v) is 2.47. The minimum atomic E-state index is 0.840. The topological polar surface area (TPSA) is 22.1 Å². The first kappa shape index (κ1) is 11.9. The van der Waals surface area contributed by atoms with Crippen LogP contribution in [0, 0.1) is 6.92 Å². The van der Waals surface area contributed by atoms with Crippen molar-refractivity contribution < 1.29 is 4.74 Å². The quantitative estimate of drug-likeness (QED) is 0.699. The van der Waals surface area contributed by atoms with E-state index in [2.05, 4.69) is 11.9 Å². The van der Waals surface area contributed by atoms with E-state index in [0.29, 0.717) is 0 Å². The predicted molar refractivity (Wildman–Crippen MR) is 56.3 cm³/mol. The third kappa shape index (κ3) is 3.45. The van der Waals surface area contributed by atoms with Crippen LogP contribution in [-0.2, 0) is 6.42 Å². The molecule has 0 N–H and O–H groups in total. The van der Waals surface area contributed by atoms with Gasteiger partial charge in [0, 0.05) is 5.69 Å². The summed E-state index contributed by atoms with van der Waals surface area (Å²) in [5.74, 6) is 0.840. The van der Waals surface area contributed by atoms with Gasteiger partial charge in [-0.1, -0.05) is 20.8 Å². The van der Waals surface area contributed by atoms with Crippen LogP contribution in [0.15, 0.2) is 12.3 Å². The second kappa shape index (κ2) is 6.46. The summed E-state index contributed by atoms with van der Waals surface area (Å²) in [6.07, 6.45) is 2.75. The minimum absolute atomic E-state index is 0.840. The van der Waals surface area contributed by atoms with Gasteiger partial charge >= 0.3 is 0 Å². The van der Waals surface area contributed by atoms with Crippen LogP contribution in [0.3, 0.4) is 0 Å². The molecule has 0 bridgehead atoms. The summed E-state index contributed by atoms with van der Waals surface area (Å²) in [6.45, 7) is 8.13. The molecule has 0 amide bonds. The second-order valence-electron chi connectivity index (χ2n) is 2.47. The van der Waals surface area contributed by atoms with E-state index in [1.54, 1.807) is 13.3 Å².